The van der Waals surface area contributed by atoms with Crippen LogP contribution < -0.4 is 16.6 Å². The number of pyridine rings is 1. The average Bonchev–Trinajstić information content (AvgIpc) is 2.56. The monoisotopic (exact) mass is 337 g/mol. The van der Waals surface area contributed by atoms with Crippen LogP contribution >= 0.6 is 0 Å². The van der Waals surface area contributed by atoms with Crippen molar-refractivity contribution in [3.8, 4) is 16.8 Å². The second kappa shape index (κ2) is 6.60. The standard InChI is InChI=1S/C19H16FN3O2/c1-12-9-18(24)23(11-17(12)13-5-7-14(20)8-6-13)16-4-2-3-15(10-16)22-19(21)25/h2-11H,1H3,(H3,21,22,25). The number of aryl methyl sites for hydroxylation is 1. The zero-order chi connectivity index (χ0) is 18.0. The lowest BCUT2D eigenvalue weighted by Crippen LogP contribution is -2.20. The molecule has 0 aliphatic heterocycles. The molecule has 5 nitrogen and oxygen atoms in total. The number of nitrogens with two attached hydrogens (primary N) is 1. The van der Waals surface area contributed by atoms with Crippen molar-refractivity contribution in [3.05, 3.63) is 82.5 Å². The molecule has 1 heterocycles. The maximum atomic E-state index is 13.2. The van der Waals surface area contributed by atoms with E-state index >= 15 is 0 Å². The second-order valence-electron chi connectivity index (χ2n) is 5.62. The number of primary amides is 1. The van der Waals surface area contributed by atoms with E-state index in [1.54, 1.807) is 42.6 Å². The summed E-state index contributed by atoms with van der Waals surface area (Å²) in [7, 11) is 0. The van der Waals surface area contributed by atoms with Gasteiger partial charge in [-0.1, -0.05) is 18.2 Å². The van der Waals surface area contributed by atoms with Gasteiger partial charge in [0.2, 0.25) is 0 Å². The molecule has 2 amide bonds. The van der Waals surface area contributed by atoms with Gasteiger partial charge in [-0.05, 0) is 48.4 Å². The van der Waals surface area contributed by atoms with Gasteiger partial charge < -0.3 is 11.1 Å². The lowest BCUT2D eigenvalue weighted by Gasteiger charge is -2.12. The molecule has 0 atom stereocenters. The highest BCUT2D eigenvalue weighted by Gasteiger charge is 2.09. The fourth-order valence-electron chi connectivity index (χ4n) is 2.64. The number of nitrogens with zero attached hydrogens (tertiary/aromatic N) is 1. The molecule has 3 aromatic rings. The number of hydrogen-bond donors (Lipinski definition) is 2. The van der Waals surface area contributed by atoms with Crippen LogP contribution in [-0.4, -0.2) is 10.6 Å². The van der Waals surface area contributed by atoms with Crippen molar-refractivity contribution >= 4 is 11.7 Å². The van der Waals surface area contributed by atoms with E-state index in [0.717, 1.165) is 16.7 Å². The third-order valence-electron chi connectivity index (χ3n) is 3.81. The maximum absolute atomic E-state index is 13.2. The van der Waals surface area contributed by atoms with Gasteiger partial charge in [-0.2, -0.15) is 0 Å². The van der Waals surface area contributed by atoms with Gasteiger partial charge in [-0.3, -0.25) is 9.36 Å². The van der Waals surface area contributed by atoms with Crippen molar-refractivity contribution in [2.24, 2.45) is 5.73 Å². The fourth-order valence-corrected chi connectivity index (χ4v) is 2.64. The number of anilines is 1. The fraction of sp³-hybridized carbons (Fsp3) is 0.0526. The molecule has 0 saturated heterocycles. The zero-order valence-electron chi connectivity index (χ0n) is 13.5. The zero-order valence-corrected chi connectivity index (χ0v) is 13.5. The molecule has 25 heavy (non-hydrogen) atoms. The number of urea groups is 1. The summed E-state index contributed by atoms with van der Waals surface area (Å²) in [5.41, 5.74) is 8.40. The molecule has 0 radical (unpaired) electrons. The molecule has 3 rings (SSSR count). The van der Waals surface area contributed by atoms with Crippen LogP contribution in [0.4, 0.5) is 14.9 Å². The Hall–Kier alpha value is -3.41. The van der Waals surface area contributed by atoms with Crippen LogP contribution in [0.15, 0.2) is 65.6 Å². The van der Waals surface area contributed by atoms with Gasteiger partial charge in [0.15, 0.2) is 0 Å². The molecule has 1 aromatic heterocycles. The van der Waals surface area contributed by atoms with Crippen LogP contribution in [0, 0.1) is 12.7 Å². The summed E-state index contributed by atoms with van der Waals surface area (Å²) < 4.78 is 14.6. The van der Waals surface area contributed by atoms with Crippen molar-refractivity contribution in [2.45, 2.75) is 6.92 Å². The van der Waals surface area contributed by atoms with E-state index in [0.29, 0.717) is 11.4 Å². The van der Waals surface area contributed by atoms with Gasteiger partial charge in [0.1, 0.15) is 5.82 Å². The van der Waals surface area contributed by atoms with Crippen molar-refractivity contribution < 1.29 is 9.18 Å². The number of carbonyl (C=O) groups is 1. The topological polar surface area (TPSA) is 77.1 Å². The first-order valence-electron chi connectivity index (χ1n) is 7.60. The number of hydrogen-bond acceptors (Lipinski definition) is 2. The number of amides is 2. The van der Waals surface area contributed by atoms with Gasteiger partial charge >= 0.3 is 6.03 Å². The van der Waals surface area contributed by atoms with Gasteiger partial charge in [0.05, 0.1) is 5.69 Å². The molecule has 0 unspecified atom stereocenters. The number of carbonyl (C=O) groups excluding carboxylic acids is 1. The Morgan fingerprint density at radius 3 is 2.52 bits per heavy atom. The molecule has 126 valence electrons. The number of rotatable bonds is 3. The lowest BCUT2D eigenvalue weighted by molar-refractivity contribution is 0.259. The van der Waals surface area contributed by atoms with E-state index in [-0.39, 0.29) is 11.4 Å². The van der Waals surface area contributed by atoms with E-state index in [2.05, 4.69) is 5.32 Å². The number of benzene rings is 2. The molecule has 0 saturated carbocycles. The molecule has 0 fully saturated rings. The molecule has 6 heteroatoms. The quantitative estimate of drug-likeness (QED) is 0.768. The first-order valence-corrected chi connectivity index (χ1v) is 7.60. The Kier molecular flexibility index (Phi) is 4.35. The molecule has 0 aliphatic carbocycles. The number of halogens is 1. The van der Waals surface area contributed by atoms with Crippen molar-refractivity contribution in [2.75, 3.05) is 5.32 Å². The Morgan fingerprint density at radius 2 is 1.84 bits per heavy atom. The summed E-state index contributed by atoms with van der Waals surface area (Å²) in [5, 5.41) is 2.48. The molecule has 0 spiro atoms. The highest BCUT2D eigenvalue weighted by molar-refractivity contribution is 5.88. The maximum Gasteiger partial charge on any atom is 0.316 e. The third-order valence-corrected chi connectivity index (χ3v) is 3.81. The third kappa shape index (κ3) is 3.58. The van der Waals surface area contributed by atoms with Crippen LogP contribution in [0.5, 0.6) is 0 Å². The smallest absolute Gasteiger partial charge is 0.316 e. The summed E-state index contributed by atoms with van der Waals surface area (Å²) in [6.45, 7) is 1.83. The Balaban J connectivity index is 2.11. The lowest BCUT2D eigenvalue weighted by atomic mass is 10.0. The molecule has 0 bridgehead atoms. The minimum Gasteiger partial charge on any atom is -0.351 e. The van der Waals surface area contributed by atoms with Gasteiger partial charge in [0, 0.05) is 23.5 Å². The summed E-state index contributed by atoms with van der Waals surface area (Å²) in [6, 6.07) is 13.7. The SMILES string of the molecule is Cc1cc(=O)n(-c2cccc(NC(N)=O)c2)cc1-c1ccc(F)cc1. The highest BCUT2D eigenvalue weighted by Crippen LogP contribution is 2.24. The minimum absolute atomic E-state index is 0.209. The number of aromatic nitrogens is 1. The van der Waals surface area contributed by atoms with E-state index in [1.807, 2.05) is 6.92 Å². The Labute approximate surface area is 143 Å². The van der Waals surface area contributed by atoms with Crippen molar-refractivity contribution in [3.63, 3.8) is 0 Å². The van der Waals surface area contributed by atoms with Gasteiger partial charge in [0.25, 0.3) is 5.56 Å². The van der Waals surface area contributed by atoms with Gasteiger partial charge in [-0.25, -0.2) is 9.18 Å². The average molecular weight is 337 g/mol. The summed E-state index contributed by atoms with van der Waals surface area (Å²) in [4.78, 5) is 23.4. The first kappa shape index (κ1) is 16.4. The molecule has 0 aliphatic rings. The molecular formula is C19H16FN3O2. The van der Waals surface area contributed by atoms with Crippen LogP contribution in [0.2, 0.25) is 0 Å². The Bertz CT molecular complexity index is 994. The van der Waals surface area contributed by atoms with E-state index < -0.39 is 6.03 Å². The van der Waals surface area contributed by atoms with Crippen molar-refractivity contribution in [1.29, 1.82) is 0 Å². The normalized spacial score (nSPS) is 10.5. The van der Waals surface area contributed by atoms with Crippen LogP contribution in [0.3, 0.4) is 0 Å². The summed E-state index contributed by atoms with van der Waals surface area (Å²) in [6.07, 6.45) is 1.70. The largest absolute Gasteiger partial charge is 0.351 e. The van der Waals surface area contributed by atoms with Crippen molar-refractivity contribution in [1.82, 2.24) is 4.57 Å². The highest BCUT2D eigenvalue weighted by atomic mass is 19.1. The number of nitrogens with one attached hydrogen (secondary N) is 1. The summed E-state index contributed by atoms with van der Waals surface area (Å²) >= 11 is 0. The first-order chi connectivity index (χ1) is 11.9. The van der Waals surface area contributed by atoms with Crippen LogP contribution in [-0.2, 0) is 0 Å². The predicted octanol–water partition coefficient (Wildman–Crippen LogP) is 3.44. The molecule has 3 N–H and O–H groups in total. The van der Waals surface area contributed by atoms with Crippen LogP contribution in [0.1, 0.15) is 5.56 Å². The minimum atomic E-state index is -0.680. The van der Waals surface area contributed by atoms with E-state index in [4.69, 9.17) is 5.73 Å². The predicted molar refractivity (Wildman–Crippen MR) is 95.4 cm³/mol. The van der Waals surface area contributed by atoms with E-state index in [1.165, 1.54) is 22.8 Å². The summed E-state index contributed by atoms with van der Waals surface area (Å²) in [5.74, 6) is -0.319. The molecular weight excluding hydrogens is 321 g/mol. The second-order valence-corrected chi connectivity index (χ2v) is 5.62. The van der Waals surface area contributed by atoms with E-state index in [9.17, 15) is 14.0 Å². The van der Waals surface area contributed by atoms with Crippen LogP contribution in [0.25, 0.3) is 16.8 Å². The Morgan fingerprint density at radius 1 is 1.12 bits per heavy atom. The molecule has 2 aromatic carbocycles. The van der Waals surface area contributed by atoms with Gasteiger partial charge in [-0.15, -0.1) is 0 Å².